The third-order valence-electron chi connectivity index (χ3n) is 2.85. The van der Waals surface area contributed by atoms with E-state index in [2.05, 4.69) is 0 Å². The van der Waals surface area contributed by atoms with Crippen molar-refractivity contribution >= 4 is 11.5 Å². The number of nitrogens with one attached hydrogen (secondary N) is 1. The van der Waals surface area contributed by atoms with Crippen molar-refractivity contribution in [2.24, 2.45) is 5.73 Å². The monoisotopic (exact) mass is 257 g/mol. The zero-order chi connectivity index (χ0) is 13.3. The molecule has 3 nitrogen and oxygen atoms in total. The van der Waals surface area contributed by atoms with Crippen LogP contribution in [0.25, 0.3) is 0 Å². The molecule has 1 aliphatic rings. The Morgan fingerprint density at radius 3 is 2.22 bits per heavy atom. The first kappa shape index (κ1) is 12.7. The lowest BCUT2D eigenvalue weighted by atomic mass is 10.2. The van der Waals surface area contributed by atoms with Crippen LogP contribution >= 0.6 is 0 Å². The number of hydrogen-bond donors (Lipinski definition) is 2. The molecule has 98 valence electrons. The largest absolute Gasteiger partial charge is 0.405 e. The van der Waals surface area contributed by atoms with Gasteiger partial charge in [0.15, 0.2) is 0 Å². The average Bonchev–Trinajstić information content (AvgIpc) is 3.08. The number of benzene rings is 1. The summed E-state index contributed by atoms with van der Waals surface area (Å²) in [6, 6.07) is 6.30. The van der Waals surface area contributed by atoms with Gasteiger partial charge in [-0.2, -0.15) is 13.2 Å². The first-order valence-corrected chi connectivity index (χ1v) is 5.65. The fourth-order valence-electron chi connectivity index (χ4n) is 1.84. The Morgan fingerprint density at radius 1 is 1.28 bits per heavy atom. The van der Waals surface area contributed by atoms with Crippen molar-refractivity contribution in [3.05, 3.63) is 29.8 Å². The Balaban J connectivity index is 2.18. The molecule has 0 unspecified atom stereocenters. The van der Waals surface area contributed by atoms with E-state index in [9.17, 15) is 13.2 Å². The molecule has 0 radical (unpaired) electrons. The summed E-state index contributed by atoms with van der Waals surface area (Å²) in [5.41, 5.74) is 6.35. The minimum absolute atomic E-state index is 0.0187. The van der Waals surface area contributed by atoms with E-state index >= 15 is 0 Å². The smallest absolute Gasteiger partial charge is 0.384 e. The van der Waals surface area contributed by atoms with Gasteiger partial charge in [-0.1, -0.05) is 0 Å². The molecule has 1 saturated carbocycles. The molecule has 0 aliphatic heterocycles. The van der Waals surface area contributed by atoms with Crippen molar-refractivity contribution in [2.75, 3.05) is 11.4 Å². The van der Waals surface area contributed by atoms with Gasteiger partial charge in [-0.3, -0.25) is 5.41 Å². The maximum Gasteiger partial charge on any atom is 0.405 e. The molecule has 0 heterocycles. The van der Waals surface area contributed by atoms with E-state index < -0.39 is 12.7 Å². The zero-order valence-electron chi connectivity index (χ0n) is 9.67. The summed E-state index contributed by atoms with van der Waals surface area (Å²) in [7, 11) is 0. The van der Waals surface area contributed by atoms with Gasteiger partial charge in [0.2, 0.25) is 0 Å². The highest BCUT2D eigenvalue weighted by atomic mass is 19.4. The highest BCUT2D eigenvalue weighted by Gasteiger charge is 2.38. The standard InChI is InChI=1S/C12H14F3N3/c13-12(14,15)7-18(10-5-6-10)9-3-1-8(2-4-9)11(16)17/h1-4,10H,5-7H2,(H3,16,17). The third kappa shape index (κ3) is 3.15. The van der Waals surface area contributed by atoms with Crippen LogP contribution in [0.5, 0.6) is 0 Å². The number of nitrogens with two attached hydrogens (primary N) is 1. The van der Waals surface area contributed by atoms with Crippen LogP contribution in [0.3, 0.4) is 0 Å². The Morgan fingerprint density at radius 2 is 1.83 bits per heavy atom. The highest BCUT2D eigenvalue weighted by Crippen LogP contribution is 2.34. The second kappa shape index (κ2) is 4.51. The molecule has 3 N–H and O–H groups in total. The van der Waals surface area contributed by atoms with Gasteiger partial charge in [0.05, 0.1) is 0 Å². The van der Waals surface area contributed by atoms with Gasteiger partial charge in [-0.25, -0.2) is 0 Å². The molecular weight excluding hydrogens is 243 g/mol. The van der Waals surface area contributed by atoms with Crippen molar-refractivity contribution in [3.63, 3.8) is 0 Å². The molecule has 0 aromatic heterocycles. The van der Waals surface area contributed by atoms with Gasteiger partial charge in [-0.15, -0.1) is 0 Å². The predicted octanol–water partition coefficient (Wildman–Crippen LogP) is 2.50. The average molecular weight is 257 g/mol. The highest BCUT2D eigenvalue weighted by molar-refractivity contribution is 5.95. The number of amidine groups is 1. The molecule has 1 aromatic rings. The number of anilines is 1. The van der Waals surface area contributed by atoms with E-state index in [-0.39, 0.29) is 11.9 Å². The number of nitrogen functional groups attached to an aromatic ring is 1. The van der Waals surface area contributed by atoms with Crippen LogP contribution < -0.4 is 10.6 Å². The lowest BCUT2D eigenvalue weighted by Gasteiger charge is -2.26. The number of hydrogen-bond acceptors (Lipinski definition) is 2. The van der Waals surface area contributed by atoms with E-state index in [0.717, 1.165) is 12.8 Å². The molecular formula is C12H14F3N3. The van der Waals surface area contributed by atoms with Crippen LogP contribution in [0.1, 0.15) is 18.4 Å². The van der Waals surface area contributed by atoms with Gasteiger partial charge in [0.25, 0.3) is 0 Å². The molecule has 6 heteroatoms. The fraction of sp³-hybridized carbons (Fsp3) is 0.417. The van der Waals surface area contributed by atoms with Crippen molar-refractivity contribution in [1.29, 1.82) is 5.41 Å². The van der Waals surface area contributed by atoms with E-state index in [4.69, 9.17) is 11.1 Å². The molecule has 0 saturated heterocycles. The van der Waals surface area contributed by atoms with Crippen LogP contribution in [0.15, 0.2) is 24.3 Å². The van der Waals surface area contributed by atoms with Crippen molar-refractivity contribution < 1.29 is 13.2 Å². The molecule has 0 bridgehead atoms. The predicted molar refractivity (Wildman–Crippen MR) is 63.9 cm³/mol. The summed E-state index contributed by atoms with van der Waals surface area (Å²) in [6.07, 6.45) is -2.61. The minimum Gasteiger partial charge on any atom is -0.384 e. The molecule has 1 fully saturated rings. The first-order valence-electron chi connectivity index (χ1n) is 5.65. The summed E-state index contributed by atoms with van der Waals surface area (Å²) in [5.74, 6) is -0.0876. The van der Waals surface area contributed by atoms with Crippen LogP contribution in [0.4, 0.5) is 18.9 Å². The Hall–Kier alpha value is -1.72. The van der Waals surface area contributed by atoms with Gasteiger partial charge in [0.1, 0.15) is 12.4 Å². The van der Waals surface area contributed by atoms with Crippen LogP contribution in [0.2, 0.25) is 0 Å². The summed E-state index contributed by atoms with van der Waals surface area (Å²) in [6.45, 7) is -0.933. The summed E-state index contributed by atoms with van der Waals surface area (Å²) < 4.78 is 37.5. The van der Waals surface area contributed by atoms with Gasteiger partial charge in [0, 0.05) is 17.3 Å². The molecule has 0 atom stereocenters. The molecule has 1 aromatic carbocycles. The summed E-state index contributed by atoms with van der Waals surface area (Å²) in [4.78, 5) is 1.36. The second-order valence-corrected chi connectivity index (χ2v) is 4.43. The van der Waals surface area contributed by atoms with Gasteiger partial charge in [-0.05, 0) is 37.1 Å². The molecule has 2 rings (SSSR count). The van der Waals surface area contributed by atoms with Crippen LogP contribution in [-0.2, 0) is 0 Å². The SMILES string of the molecule is N=C(N)c1ccc(N(CC(F)(F)F)C2CC2)cc1. The normalized spacial score (nSPS) is 15.5. The molecule has 0 amide bonds. The van der Waals surface area contributed by atoms with E-state index in [1.54, 1.807) is 24.3 Å². The number of nitrogens with zero attached hydrogens (tertiary/aromatic N) is 1. The molecule has 0 spiro atoms. The zero-order valence-corrected chi connectivity index (χ0v) is 9.67. The third-order valence-corrected chi connectivity index (χ3v) is 2.85. The van der Waals surface area contributed by atoms with E-state index in [1.807, 2.05) is 0 Å². The summed E-state index contributed by atoms with van der Waals surface area (Å²) >= 11 is 0. The number of rotatable bonds is 4. The number of halogens is 3. The fourth-order valence-corrected chi connectivity index (χ4v) is 1.84. The van der Waals surface area contributed by atoms with E-state index in [0.29, 0.717) is 11.3 Å². The minimum atomic E-state index is -4.21. The van der Waals surface area contributed by atoms with Crippen molar-refractivity contribution in [1.82, 2.24) is 0 Å². The molecule has 18 heavy (non-hydrogen) atoms. The Labute approximate surface area is 103 Å². The topological polar surface area (TPSA) is 53.1 Å². The maximum absolute atomic E-state index is 12.5. The first-order chi connectivity index (χ1) is 8.37. The quantitative estimate of drug-likeness (QED) is 0.643. The lowest BCUT2D eigenvalue weighted by molar-refractivity contribution is -0.120. The van der Waals surface area contributed by atoms with Crippen LogP contribution in [0, 0.1) is 5.41 Å². The number of alkyl halides is 3. The van der Waals surface area contributed by atoms with Gasteiger partial charge < -0.3 is 10.6 Å². The van der Waals surface area contributed by atoms with E-state index in [1.165, 1.54) is 4.90 Å². The maximum atomic E-state index is 12.5. The Bertz CT molecular complexity index is 435. The molecule has 1 aliphatic carbocycles. The van der Waals surface area contributed by atoms with Gasteiger partial charge >= 0.3 is 6.18 Å². The van der Waals surface area contributed by atoms with Crippen molar-refractivity contribution in [3.8, 4) is 0 Å². The lowest BCUT2D eigenvalue weighted by Crippen LogP contribution is -2.36. The second-order valence-electron chi connectivity index (χ2n) is 4.43. The summed E-state index contributed by atoms with van der Waals surface area (Å²) in [5, 5.41) is 7.24. The van der Waals surface area contributed by atoms with Crippen LogP contribution in [-0.4, -0.2) is 24.6 Å². The Kier molecular flexibility index (Phi) is 3.19. The van der Waals surface area contributed by atoms with Crippen molar-refractivity contribution in [2.45, 2.75) is 25.1 Å².